The summed E-state index contributed by atoms with van der Waals surface area (Å²) in [6, 6.07) is 13.2. The van der Waals surface area contributed by atoms with Crippen molar-refractivity contribution in [2.24, 2.45) is 0 Å². The Morgan fingerprint density at radius 2 is 1.66 bits per heavy atom. The zero-order valence-electron chi connectivity index (χ0n) is 16.7. The average molecular weight is 438 g/mol. The molecule has 2 aromatic carbocycles. The molecule has 2 N–H and O–H groups in total. The average Bonchev–Trinajstić information content (AvgIpc) is 2.62. The number of carbonyl (C=O) groups is 2. The van der Waals surface area contributed by atoms with Crippen LogP contribution in [0.5, 0.6) is 0 Å². The number of halogens is 1. The van der Waals surface area contributed by atoms with Gasteiger partial charge in [-0.2, -0.15) is 0 Å². The number of nitrogens with zero attached hydrogens (tertiary/aromatic N) is 1. The maximum Gasteiger partial charge on any atom is 0.269 e. The predicted molar refractivity (Wildman–Crippen MR) is 114 cm³/mol. The topological polar surface area (TPSA) is 95.6 Å². The Morgan fingerprint density at radius 1 is 1.03 bits per heavy atom. The van der Waals surface area contributed by atoms with E-state index in [1.54, 1.807) is 24.3 Å². The van der Waals surface area contributed by atoms with Crippen LogP contribution in [-0.2, 0) is 20.2 Å². The van der Waals surface area contributed by atoms with Crippen LogP contribution in [0.25, 0.3) is 0 Å². The standard InChI is InChI=1S/C20H24ClN3O4S/c1-20(2,3)15-10-8-14(9-11-15)19(26)23-22-18(25)13-24(29(4,27)28)17-7-5-6-16(21)12-17/h5-12H,13H2,1-4H3,(H,22,25)(H,23,26). The van der Waals surface area contributed by atoms with Crippen LogP contribution in [0, 0.1) is 0 Å². The quantitative estimate of drug-likeness (QED) is 0.703. The molecular weight excluding hydrogens is 414 g/mol. The lowest BCUT2D eigenvalue weighted by atomic mass is 9.87. The van der Waals surface area contributed by atoms with Gasteiger partial charge >= 0.3 is 0 Å². The molecule has 0 saturated carbocycles. The van der Waals surface area contributed by atoms with Gasteiger partial charge in [-0.3, -0.25) is 24.7 Å². The molecule has 0 saturated heterocycles. The van der Waals surface area contributed by atoms with Crippen molar-refractivity contribution in [3.05, 3.63) is 64.7 Å². The van der Waals surface area contributed by atoms with Gasteiger partial charge in [-0.25, -0.2) is 8.42 Å². The van der Waals surface area contributed by atoms with Gasteiger partial charge in [0, 0.05) is 10.6 Å². The minimum absolute atomic E-state index is 0.0430. The summed E-state index contributed by atoms with van der Waals surface area (Å²) in [6.45, 7) is 5.68. The summed E-state index contributed by atoms with van der Waals surface area (Å²) >= 11 is 5.91. The highest BCUT2D eigenvalue weighted by Crippen LogP contribution is 2.22. The number of hydrazine groups is 1. The van der Waals surface area contributed by atoms with Crippen LogP contribution in [0.4, 0.5) is 5.69 Å². The number of hydrogen-bond donors (Lipinski definition) is 2. The molecule has 0 unspecified atom stereocenters. The minimum atomic E-state index is -3.74. The third-order valence-electron chi connectivity index (χ3n) is 4.11. The Bertz CT molecular complexity index is 999. The molecule has 7 nitrogen and oxygen atoms in total. The highest BCUT2D eigenvalue weighted by atomic mass is 35.5. The van der Waals surface area contributed by atoms with E-state index in [0.717, 1.165) is 16.1 Å². The fourth-order valence-electron chi connectivity index (χ4n) is 2.52. The normalized spacial score (nSPS) is 11.6. The van der Waals surface area contributed by atoms with Crippen LogP contribution in [0.15, 0.2) is 48.5 Å². The second kappa shape index (κ2) is 8.84. The second-order valence-corrected chi connectivity index (χ2v) is 9.92. The summed E-state index contributed by atoms with van der Waals surface area (Å²) in [5.74, 6) is -1.21. The van der Waals surface area contributed by atoms with Gasteiger partial charge in [-0.1, -0.05) is 50.6 Å². The summed E-state index contributed by atoms with van der Waals surface area (Å²) in [6.07, 6.45) is 0.983. The number of sulfonamides is 1. The van der Waals surface area contributed by atoms with E-state index in [-0.39, 0.29) is 11.1 Å². The summed E-state index contributed by atoms with van der Waals surface area (Å²) in [7, 11) is -3.74. The smallest absolute Gasteiger partial charge is 0.269 e. The van der Waals surface area contributed by atoms with Crippen molar-refractivity contribution in [3.8, 4) is 0 Å². The van der Waals surface area contributed by atoms with Crippen LogP contribution in [0.3, 0.4) is 0 Å². The molecule has 29 heavy (non-hydrogen) atoms. The van der Waals surface area contributed by atoms with Crippen molar-refractivity contribution >= 4 is 39.1 Å². The SMILES string of the molecule is CC(C)(C)c1ccc(C(=O)NNC(=O)CN(c2cccc(Cl)c2)S(C)(=O)=O)cc1. The predicted octanol–water partition coefficient (Wildman–Crippen LogP) is 2.86. The van der Waals surface area contributed by atoms with E-state index >= 15 is 0 Å². The number of anilines is 1. The number of rotatable bonds is 5. The molecule has 9 heteroatoms. The van der Waals surface area contributed by atoms with Crippen molar-refractivity contribution in [1.82, 2.24) is 10.9 Å². The van der Waals surface area contributed by atoms with E-state index in [1.807, 2.05) is 12.1 Å². The maximum atomic E-state index is 12.2. The molecule has 0 spiro atoms. The van der Waals surface area contributed by atoms with Crippen molar-refractivity contribution in [1.29, 1.82) is 0 Å². The molecule has 0 aliphatic carbocycles. The minimum Gasteiger partial charge on any atom is -0.271 e. The summed E-state index contributed by atoms with van der Waals surface area (Å²) in [4.78, 5) is 24.4. The summed E-state index contributed by atoms with van der Waals surface area (Å²) < 4.78 is 25.0. The summed E-state index contributed by atoms with van der Waals surface area (Å²) in [5, 5.41) is 0.337. The van der Waals surface area contributed by atoms with Gasteiger partial charge < -0.3 is 0 Å². The molecule has 0 fully saturated rings. The third-order valence-corrected chi connectivity index (χ3v) is 5.49. The molecular formula is C20H24ClN3O4S. The van der Waals surface area contributed by atoms with E-state index in [4.69, 9.17) is 11.6 Å². The first-order valence-electron chi connectivity index (χ1n) is 8.81. The number of carbonyl (C=O) groups excluding carboxylic acids is 2. The zero-order chi connectivity index (χ0) is 21.8. The lowest BCUT2D eigenvalue weighted by Crippen LogP contribution is -2.47. The highest BCUT2D eigenvalue weighted by molar-refractivity contribution is 7.92. The molecule has 0 aliphatic rings. The fourth-order valence-corrected chi connectivity index (χ4v) is 3.55. The van der Waals surface area contributed by atoms with Gasteiger partial charge in [0.2, 0.25) is 10.0 Å². The lowest BCUT2D eigenvalue weighted by Gasteiger charge is -2.22. The van der Waals surface area contributed by atoms with Crippen LogP contribution in [0.2, 0.25) is 5.02 Å². The first-order chi connectivity index (χ1) is 13.4. The van der Waals surface area contributed by atoms with Crippen molar-refractivity contribution in [3.63, 3.8) is 0 Å². The van der Waals surface area contributed by atoms with Crippen LogP contribution in [0.1, 0.15) is 36.7 Å². The van der Waals surface area contributed by atoms with Crippen molar-refractivity contribution in [2.75, 3.05) is 17.1 Å². The summed E-state index contributed by atoms with van der Waals surface area (Å²) in [5.41, 5.74) is 6.17. The number of nitrogens with one attached hydrogen (secondary N) is 2. The molecule has 0 atom stereocenters. The van der Waals surface area contributed by atoms with Gasteiger partial charge in [-0.05, 0) is 41.3 Å². The Kier molecular flexibility index (Phi) is 6.92. The van der Waals surface area contributed by atoms with Gasteiger partial charge in [0.15, 0.2) is 0 Å². The lowest BCUT2D eigenvalue weighted by molar-refractivity contribution is -0.120. The highest BCUT2D eigenvalue weighted by Gasteiger charge is 2.21. The molecule has 156 valence electrons. The Hall–Kier alpha value is -2.58. The second-order valence-electron chi connectivity index (χ2n) is 7.58. The van der Waals surface area contributed by atoms with E-state index in [9.17, 15) is 18.0 Å². The molecule has 0 aromatic heterocycles. The Balaban J connectivity index is 2.03. The van der Waals surface area contributed by atoms with Gasteiger partial charge in [0.25, 0.3) is 11.8 Å². The third kappa shape index (κ3) is 6.47. The fraction of sp³-hybridized carbons (Fsp3) is 0.300. The van der Waals surface area contributed by atoms with E-state index in [2.05, 4.69) is 31.6 Å². The maximum absolute atomic E-state index is 12.2. The Labute approximate surface area is 176 Å². The van der Waals surface area contributed by atoms with E-state index in [0.29, 0.717) is 10.6 Å². The molecule has 0 bridgehead atoms. The van der Waals surface area contributed by atoms with E-state index in [1.165, 1.54) is 12.1 Å². The zero-order valence-corrected chi connectivity index (χ0v) is 18.3. The monoisotopic (exact) mass is 437 g/mol. The number of amides is 2. The van der Waals surface area contributed by atoms with Crippen LogP contribution in [-0.4, -0.2) is 33.0 Å². The number of benzene rings is 2. The van der Waals surface area contributed by atoms with Crippen molar-refractivity contribution < 1.29 is 18.0 Å². The first-order valence-corrected chi connectivity index (χ1v) is 11.0. The van der Waals surface area contributed by atoms with Crippen molar-refractivity contribution in [2.45, 2.75) is 26.2 Å². The molecule has 0 aliphatic heterocycles. The largest absolute Gasteiger partial charge is 0.271 e. The number of hydrogen-bond acceptors (Lipinski definition) is 4. The molecule has 2 aromatic rings. The molecule has 0 heterocycles. The van der Waals surface area contributed by atoms with Crippen LogP contribution >= 0.6 is 11.6 Å². The van der Waals surface area contributed by atoms with Gasteiger partial charge in [0.05, 0.1) is 11.9 Å². The molecule has 0 radical (unpaired) electrons. The molecule has 2 amide bonds. The van der Waals surface area contributed by atoms with E-state index < -0.39 is 28.4 Å². The van der Waals surface area contributed by atoms with Crippen LogP contribution < -0.4 is 15.2 Å². The Morgan fingerprint density at radius 3 is 2.17 bits per heavy atom. The molecule has 2 rings (SSSR count). The first kappa shape index (κ1) is 22.7. The van der Waals surface area contributed by atoms with Gasteiger partial charge in [-0.15, -0.1) is 0 Å². The van der Waals surface area contributed by atoms with Gasteiger partial charge in [0.1, 0.15) is 6.54 Å².